The number of amides is 1. The highest BCUT2D eigenvalue weighted by molar-refractivity contribution is 7.91. The van der Waals surface area contributed by atoms with Crippen LogP contribution in [0.2, 0.25) is 0 Å². The van der Waals surface area contributed by atoms with Crippen LogP contribution in [-0.2, 0) is 14.8 Å². The molecular formula is C10H17N5O3S2. The summed E-state index contributed by atoms with van der Waals surface area (Å²) in [6.45, 7) is 1.32. The fraction of sp³-hybridized carbons (Fsp3) is 0.700. The predicted octanol–water partition coefficient (Wildman–Crippen LogP) is 0.0447. The summed E-state index contributed by atoms with van der Waals surface area (Å²) in [5.41, 5.74) is 5.78. The van der Waals surface area contributed by atoms with Gasteiger partial charge in [-0.2, -0.15) is 0 Å². The summed E-state index contributed by atoms with van der Waals surface area (Å²) in [5.74, 6) is -0.320. The van der Waals surface area contributed by atoms with Crippen LogP contribution in [0.5, 0.6) is 0 Å². The standard InChI is InChI=1S/C10H17N5O3S2/c1-6(16)12-9-13-14-10(19-9)20(17,18)15-8-4-2-7(11)3-5-8/h7-8,15H,2-5,11H2,1H3,(H,12,13,16). The predicted molar refractivity (Wildman–Crippen MR) is 74.8 cm³/mol. The molecule has 10 heteroatoms. The fourth-order valence-electron chi connectivity index (χ4n) is 2.03. The maximum Gasteiger partial charge on any atom is 0.270 e. The molecule has 1 saturated carbocycles. The lowest BCUT2D eigenvalue weighted by Crippen LogP contribution is -2.40. The number of sulfonamides is 1. The Hall–Kier alpha value is -1.10. The molecule has 0 aliphatic heterocycles. The van der Waals surface area contributed by atoms with Crippen molar-refractivity contribution in [3.8, 4) is 0 Å². The Kier molecular flexibility index (Phi) is 4.68. The Bertz CT molecular complexity index is 577. The minimum absolute atomic E-state index is 0.118. The first-order chi connectivity index (χ1) is 9.37. The minimum atomic E-state index is -3.69. The molecular weight excluding hydrogens is 302 g/mol. The molecule has 4 N–H and O–H groups in total. The molecule has 1 aliphatic carbocycles. The van der Waals surface area contributed by atoms with Gasteiger partial charge in [-0.3, -0.25) is 4.79 Å². The molecule has 1 aromatic heterocycles. The van der Waals surface area contributed by atoms with Crippen LogP contribution >= 0.6 is 11.3 Å². The van der Waals surface area contributed by atoms with E-state index in [-0.39, 0.29) is 27.5 Å². The fourth-order valence-corrected chi connectivity index (χ4v) is 4.29. The molecule has 0 radical (unpaired) electrons. The molecule has 1 heterocycles. The molecule has 112 valence electrons. The highest BCUT2D eigenvalue weighted by atomic mass is 32.2. The molecule has 20 heavy (non-hydrogen) atoms. The van der Waals surface area contributed by atoms with Gasteiger partial charge in [0, 0.05) is 19.0 Å². The van der Waals surface area contributed by atoms with Crippen molar-refractivity contribution < 1.29 is 13.2 Å². The molecule has 1 aliphatic rings. The van der Waals surface area contributed by atoms with Gasteiger partial charge >= 0.3 is 0 Å². The number of carbonyl (C=O) groups excluding carboxylic acids is 1. The number of nitrogens with one attached hydrogen (secondary N) is 2. The van der Waals surface area contributed by atoms with Crippen LogP contribution in [0.15, 0.2) is 4.34 Å². The van der Waals surface area contributed by atoms with E-state index in [9.17, 15) is 13.2 Å². The molecule has 0 bridgehead atoms. The van der Waals surface area contributed by atoms with E-state index in [1.54, 1.807) is 0 Å². The number of aromatic nitrogens is 2. The van der Waals surface area contributed by atoms with Crippen molar-refractivity contribution in [3.05, 3.63) is 0 Å². The molecule has 0 saturated heterocycles. The highest BCUT2D eigenvalue weighted by Crippen LogP contribution is 2.23. The maximum atomic E-state index is 12.1. The summed E-state index contributed by atoms with van der Waals surface area (Å²) < 4.78 is 26.7. The molecule has 1 fully saturated rings. The third-order valence-corrected chi connectivity index (χ3v) is 5.74. The second-order valence-corrected chi connectivity index (χ2v) is 7.65. The van der Waals surface area contributed by atoms with Gasteiger partial charge in [0.2, 0.25) is 15.4 Å². The number of carbonyl (C=O) groups is 1. The number of nitrogens with two attached hydrogens (primary N) is 1. The Morgan fingerprint density at radius 2 is 1.95 bits per heavy atom. The van der Waals surface area contributed by atoms with Crippen molar-refractivity contribution in [2.75, 3.05) is 5.32 Å². The molecule has 0 unspecified atom stereocenters. The molecule has 8 nitrogen and oxygen atoms in total. The number of hydrogen-bond acceptors (Lipinski definition) is 7. The number of anilines is 1. The van der Waals surface area contributed by atoms with Gasteiger partial charge in [0.15, 0.2) is 0 Å². The van der Waals surface area contributed by atoms with E-state index in [1.165, 1.54) is 6.92 Å². The van der Waals surface area contributed by atoms with Gasteiger partial charge < -0.3 is 11.1 Å². The Balaban J connectivity index is 2.02. The van der Waals surface area contributed by atoms with Crippen LogP contribution in [-0.4, -0.2) is 36.6 Å². The number of nitrogens with zero attached hydrogens (tertiary/aromatic N) is 2. The zero-order chi connectivity index (χ0) is 14.8. The summed E-state index contributed by atoms with van der Waals surface area (Å²) in [5, 5.41) is 9.80. The van der Waals surface area contributed by atoms with Crippen LogP contribution in [0.1, 0.15) is 32.6 Å². The van der Waals surface area contributed by atoms with Crippen molar-refractivity contribution in [2.45, 2.75) is 49.0 Å². The summed E-state index contributed by atoms with van der Waals surface area (Å²) in [6, 6.07) is 0.0385. The molecule has 1 amide bonds. The molecule has 0 aromatic carbocycles. The van der Waals surface area contributed by atoms with E-state index in [1.807, 2.05) is 0 Å². The van der Waals surface area contributed by atoms with E-state index < -0.39 is 10.0 Å². The van der Waals surface area contributed by atoms with Gasteiger partial charge in [-0.15, -0.1) is 10.2 Å². The van der Waals surface area contributed by atoms with Crippen LogP contribution in [0.25, 0.3) is 0 Å². The van der Waals surface area contributed by atoms with E-state index in [0.717, 1.165) is 37.0 Å². The third kappa shape index (κ3) is 3.95. The quantitative estimate of drug-likeness (QED) is 0.673. The number of rotatable bonds is 4. The minimum Gasteiger partial charge on any atom is -0.328 e. The smallest absolute Gasteiger partial charge is 0.270 e. The topological polar surface area (TPSA) is 127 Å². The zero-order valence-electron chi connectivity index (χ0n) is 11.0. The first kappa shape index (κ1) is 15.3. The second kappa shape index (κ2) is 6.12. The first-order valence-electron chi connectivity index (χ1n) is 6.26. The number of hydrogen-bond donors (Lipinski definition) is 3. The normalized spacial score (nSPS) is 23.5. The molecule has 2 rings (SSSR count). The molecule has 0 spiro atoms. The van der Waals surface area contributed by atoms with Gasteiger partial charge in [0.1, 0.15) is 0 Å². The molecule has 1 aromatic rings. The average molecular weight is 319 g/mol. The third-order valence-electron chi connectivity index (χ3n) is 3.01. The van der Waals surface area contributed by atoms with Crippen molar-refractivity contribution in [2.24, 2.45) is 5.73 Å². The Labute approximate surface area is 121 Å². The van der Waals surface area contributed by atoms with Crippen molar-refractivity contribution in [1.29, 1.82) is 0 Å². The Morgan fingerprint density at radius 3 is 2.55 bits per heavy atom. The van der Waals surface area contributed by atoms with Gasteiger partial charge in [-0.1, -0.05) is 11.3 Å². The van der Waals surface area contributed by atoms with Crippen molar-refractivity contribution in [1.82, 2.24) is 14.9 Å². The van der Waals surface area contributed by atoms with E-state index in [4.69, 9.17) is 5.73 Å². The van der Waals surface area contributed by atoms with Crippen molar-refractivity contribution >= 4 is 32.4 Å². The SMILES string of the molecule is CC(=O)Nc1nnc(S(=O)(=O)NC2CCC(N)CC2)s1. The summed E-state index contributed by atoms with van der Waals surface area (Å²) in [7, 11) is -3.69. The van der Waals surface area contributed by atoms with Gasteiger partial charge in [-0.25, -0.2) is 13.1 Å². The van der Waals surface area contributed by atoms with Gasteiger partial charge in [0.25, 0.3) is 10.0 Å². The lowest BCUT2D eigenvalue weighted by molar-refractivity contribution is -0.114. The van der Waals surface area contributed by atoms with Gasteiger partial charge in [-0.05, 0) is 25.7 Å². The summed E-state index contributed by atoms with van der Waals surface area (Å²) in [6.07, 6.45) is 3.05. The summed E-state index contributed by atoms with van der Waals surface area (Å²) in [4.78, 5) is 10.9. The van der Waals surface area contributed by atoms with Crippen molar-refractivity contribution in [3.63, 3.8) is 0 Å². The first-order valence-corrected chi connectivity index (χ1v) is 8.56. The summed E-state index contributed by atoms with van der Waals surface area (Å²) >= 11 is 0.828. The van der Waals surface area contributed by atoms with Crippen LogP contribution < -0.4 is 15.8 Å². The monoisotopic (exact) mass is 319 g/mol. The highest BCUT2D eigenvalue weighted by Gasteiger charge is 2.27. The lowest BCUT2D eigenvalue weighted by atomic mass is 9.93. The second-order valence-electron chi connectivity index (χ2n) is 4.79. The van der Waals surface area contributed by atoms with Crippen LogP contribution in [0.3, 0.4) is 0 Å². The molecule has 0 atom stereocenters. The lowest BCUT2D eigenvalue weighted by Gasteiger charge is -2.26. The van der Waals surface area contributed by atoms with Crippen LogP contribution in [0.4, 0.5) is 5.13 Å². The van der Waals surface area contributed by atoms with E-state index in [2.05, 4.69) is 20.2 Å². The van der Waals surface area contributed by atoms with E-state index >= 15 is 0 Å². The average Bonchev–Trinajstić information content (AvgIpc) is 2.80. The van der Waals surface area contributed by atoms with Crippen LogP contribution in [0, 0.1) is 0 Å². The van der Waals surface area contributed by atoms with Gasteiger partial charge in [0.05, 0.1) is 0 Å². The van der Waals surface area contributed by atoms with E-state index in [0.29, 0.717) is 0 Å². The maximum absolute atomic E-state index is 12.1. The largest absolute Gasteiger partial charge is 0.328 e. The zero-order valence-corrected chi connectivity index (χ0v) is 12.6. The Morgan fingerprint density at radius 1 is 1.30 bits per heavy atom.